The maximum atomic E-state index is 10.5. The van der Waals surface area contributed by atoms with E-state index in [-0.39, 0.29) is 5.92 Å². The van der Waals surface area contributed by atoms with E-state index in [0.29, 0.717) is 12.1 Å². The Labute approximate surface area is 92.7 Å². The molecule has 1 aliphatic heterocycles. The molecule has 2 heteroatoms. The van der Waals surface area contributed by atoms with Gasteiger partial charge in [-0.15, -0.1) is 6.42 Å². The van der Waals surface area contributed by atoms with Crippen LogP contribution < -0.4 is 0 Å². The van der Waals surface area contributed by atoms with Crippen molar-refractivity contribution in [1.82, 2.24) is 4.90 Å². The first kappa shape index (κ1) is 11.0. The summed E-state index contributed by atoms with van der Waals surface area (Å²) in [6, 6.07) is 0.883. The summed E-state index contributed by atoms with van der Waals surface area (Å²) < 4.78 is 0. The number of fused-ring (bicyclic) bond motifs is 1. The fourth-order valence-corrected chi connectivity index (χ4v) is 3.39. The molecule has 4 atom stereocenters. The highest BCUT2D eigenvalue weighted by Gasteiger charge is 2.48. The quantitative estimate of drug-likeness (QED) is 0.610. The van der Waals surface area contributed by atoms with Crippen LogP contribution >= 0.6 is 0 Å². The van der Waals surface area contributed by atoms with Gasteiger partial charge in [-0.05, 0) is 26.8 Å². The van der Waals surface area contributed by atoms with Crippen LogP contribution in [0.5, 0.6) is 0 Å². The van der Waals surface area contributed by atoms with Gasteiger partial charge in [0, 0.05) is 24.4 Å². The first-order valence-corrected chi connectivity index (χ1v) is 6.00. The number of hydrogen-bond acceptors (Lipinski definition) is 2. The van der Waals surface area contributed by atoms with Crippen LogP contribution in [0, 0.1) is 18.3 Å². The molecular formula is C13H21NO. The van der Waals surface area contributed by atoms with E-state index in [0.717, 1.165) is 12.8 Å². The van der Waals surface area contributed by atoms with Crippen LogP contribution in [0.1, 0.15) is 39.0 Å². The van der Waals surface area contributed by atoms with Gasteiger partial charge in [-0.3, -0.25) is 0 Å². The number of nitrogens with zero attached hydrogens (tertiary/aromatic N) is 1. The maximum Gasteiger partial charge on any atom is 0.131 e. The highest BCUT2D eigenvalue weighted by molar-refractivity contribution is 5.17. The van der Waals surface area contributed by atoms with Crippen molar-refractivity contribution >= 4 is 0 Å². The Balaban J connectivity index is 2.27. The number of likely N-dealkylation sites (tertiary alicyclic amines) is 1. The van der Waals surface area contributed by atoms with E-state index >= 15 is 0 Å². The largest absolute Gasteiger partial charge is 0.377 e. The van der Waals surface area contributed by atoms with Crippen LogP contribution in [-0.2, 0) is 0 Å². The van der Waals surface area contributed by atoms with Crippen LogP contribution in [-0.4, -0.2) is 34.7 Å². The van der Waals surface area contributed by atoms with Crippen LogP contribution in [0.4, 0.5) is 0 Å². The lowest BCUT2D eigenvalue weighted by Gasteiger charge is -2.52. The zero-order chi connectivity index (χ0) is 11.1. The summed E-state index contributed by atoms with van der Waals surface area (Å²) in [6.07, 6.45) is 11.0. The van der Waals surface area contributed by atoms with Gasteiger partial charge in [0.25, 0.3) is 0 Å². The van der Waals surface area contributed by atoms with E-state index in [1.807, 2.05) is 0 Å². The summed E-state index contributed by atoms with van der Waals surface area (Å²) >= 11 is 0. The Bertz CT molecular complexity index is 283. The molecule has 0 aromatic heterocycles. The number of hydrogen-bond donors (Lipinski definition) is 1. The lowest BCUT2D eigenvalue weighted by molar-refractivity contribution is -0.0913. The summed E-state index contributed by atoms with van der Waals surface area (Å²) in [4.78, 5) is 2.41. The molecule has 0 amide bonds. The summed E-state index contributed by atoms with van der Waals surface area (Å²) in [5, 5.41) is 10.5. The minimum absolute atomic E-state index is 0.289. The lowest BCUT2D eigenvalue weighted by Crippen LogP contribution is -2.60. The Kier molecular flexibility index (Phi) is 2.79. The van der Waals surface area contributed by atoms with Gasteiger partial charge in [0.15, 0.2) is 0 Å². The second-order valence-corrected chi connectivity index (χ2v) is 5.25. The molecule has 0 bridgehead atoms. The third-order valence-corrected chi connectivity index (χ3v) is 4.42. The predicted molar refractivity (Wildman–Crippen MR) is 61.4 cm³/mol. The van der Waals surface area contributed by atoms with Gasteiger partial charge in [-0.25, -0.2) is 0 Å². The smallest absolute Gasteiger partial charge is 0.131 e. The molecular weight excluding hydrogens is 186 g/mol. The van der Waals surface area contributed by atoms with Crippen molar-refractivity contribution in [3.8, 4) is 12.3 Å². The second-order valence-electron chi connectivity index (χ2n) is 5.25. The number of rotatable bonds is 0. The van der Waals surface area contributed by atoms with Crippen molar-refractivity contribution in [2.45, 2.75) is 56.7 Å². The van der Waals surface area contributed by atoms with Crippen molar-refractivity contribution < 1.29 is 5.11 Å². The molecule has 2 nitrogen and oxygen atoms in total. The SMILES string of the molecule is C#C[C@]1(O)C[C@@H](C)N(C)[C@H]2CCCC[C@@H]21. The van der Waals surface area contributed by atoms with E-state index < -0.39 is 5.60 Å². The highest BCUT2D eigenvalue weighted by Crippen LogP contribution is 2.42. The molecule has 1 saturated heterocycles. The molecule has 0 aromatic carbocycles. The molecule has 84 valence electrons. The van der Waals surface area contributed by atoms with Crippen molar-refractivity contribution in [1.29, 1.82) is 0 Å². The normalized spacial score (nSPS) is 46.9. The number of piperidine rings is 1. The fourth-order valence-electron chi connectivity index (χ4n) is 3.39. The molecule has 1 N–H and O–H groups in total. The molecule has 1 heterocycles. The summed E-state index contributed by atoms with van der Waals surface area (Å²) in [7, 11) is 2.17. The minimum Gasteiger partial charge on any atom is -0.377 e. The predicted octanol–water partition coefficient (Wildman–Crippen LogP) is 1.63. The molecule has 2 aliphatic rings. The van der Waals surface area contributed by atoms with Crippen LogP contribution in [0.15, 0.2) is 0 Å². The van der Waals surface area contributed by atoms with Crippen LogP contribution in [0.3, 0.4) is 0 Å². The molecule has 0 radical (unpaired) electrons. The van der Waals surface area contributed by atoms with Gasteiger partial charge in [0.05, 0.1) is 0 Å². The summed E-state index contributed by atoms with van der Waals surface area (Å²) in [5.74, 6) is 2.95. The van der Waals surface area contributed by atoms with Gasteiger partial charge in [-0.2, -0.15) is 0 Å². The Morgan fingerprint density at radius 2 is 2.07 bits per heavy atom. The van der Waals surface area contributed by atoms with Crippen molar-refractivity contribution in [3.05, 3.63) is 0 Å². The Morgan fingerprint density at radius 1 is 1.40 bits per heavy atom. The minimum atomic E-state index is -0.850. The molecule has 0 spiro atoms. The molecule has 1 aliphatic carbocycles. The lowest BCUT2D eigenvalue weighted by atomic mass is 9.68. The molecule has 0 aromatic rings. The average Bonchev–Trinajstić information content (AvgIpc) is 2.26. The van der Waals surface area contributed by atoms with E-state index in [9.17, 15) is 5.11 Å². The van der Waals surface area contributed by atoms with Gasteiger partial charge < -0.3 is 10.0 Å². The topological polar surface area (TPSA) is 23.5 Å². The van der Waals surface area contributed by atoms with E-state index in [2.05, 4.69) is 24.8 Å². The van der Waals surface area contributed by atoms with Gasteiger partial charge in [0.1, 0.15) is 5.60 Å². The van der Waals surface area contributed by atoms with Gasteiger partial charge in [-0.1, -0.05) is 18.8 Å². The zero-order valence-corrected chi connectivity index (χ0v) is 9.74. The van der Waals surface area contributed by atoms with Crippen molar-refractivity contribution in [3.63, 3.8) is 0 Å². The summed E-state index contributed by atoms with van der Waals surface area (Å²) in [6.45, 7) is 2.16. The molecule has 0 unspecified atom stereocenters. The van der Waals surface area contributed by atoms with E-state index in [1.165, 1.54) is 19.3 Å². The van der Waals surface area contributed by atoms with Crippen LogP contribution in [0.25, 0.3) is 0 Å². The maximum absolute atomic E-state index is 10.5. The van der Waals surface area contributed by atoms with Crippen molar-refractivity contribution in [2.24, 2.45) is 5.92 Å². The summed E-state index contributed by atoms with van der Waals surface area (Å²) in [5.41, 5.74) is -0.850. The second kappa shape index (κ2) is 3.81. The molecule has 1 saturated carbocycles. The van der Waals surface area contributed by atoms with E-state index in [4.69, 9.17) is 6.42 Å². The number of aliphatic hydroxyl groups is 1. The highest BCUT2D eigenvalue weighted by atomic mass is 16.3. The van der Waals surface area contributed by atoms with Crippen LogP contribution in [0.2, 0.25) is 0 Å². The molecule has 2 fully saturated rings. The Hall–Kier alpha value is -0.520. The standard InChI is InChI=1S/C13H21NO/c1-4-13(15)9-10(2)14(3)12-8-6-5-7-11(12)13/h1,10-12,15H,5-9H2,2-3H3/t10-,11+,12+,13+/m1/s1. The average molecular weight is 207 g/mol. The first-order valence-electron chi connectivity index (χ1n) is 6.00. The zero-order valence-electron chi connectivity index (χ0n) is 9.74. The van der Waals surface area contributed by atoms with E-state index in [1.54, 1.807) is 0 Å². The first-order chi connectivity index (χ1) is 7.08. The Morgan fingerprint density at radius 3 is 2.73 bits per heavy atom. The molecule has 2 rings (SSSR count). The third-order valence-electron chi connectivity index (χ3n) is 4.42. The van der Waals surface area contributed by atoms with Gasteiger partial charge >= 0.3 is 0 Å². The monoisotopic (exact) mass is 207 g/mol. The fraction of sp³-hybridized carbons (Fsp3) is 0.846. The number of terminal acetylenes is 1. The van der Waals surface area contributed by atoms with Gasteiger partial charge in [0.2, 0.25) is 0 Å². The third kappa shape index (κ3) is 1.68. The van der Waals surface area contributed by atoms with Crippen molar-refractivity contribution in [2.75, 3.05) is 7.05 Å². The molecule has 15 heavy (non-hydrogen) atoms.